The van der Waals surface area contributed by atoms with E-state index >= 15 is 0 Å². The highest BCUT2D eigenvalue weighted by atomic mass is 16.5. The van der Waals surface area contributed by atoms with Gasteiger partial charge in [-0.3, -0.25) is 0 Å². The Morgan fingerprint density at radius 1 is 1.33 bits per heavy atom. The molecule has 0 radical (unpaired) electrons. The maximum absolute atomic E-state index is 5.53. The fourth-order valence-electron chi connectivity index (χ4n) is 2.13. The molecule has 18 heavy (non-hydrogen) atoms. The van der Waals surface area contributed by atoms with Crippen molar-refractivity contribution in [1.29, 1.82) is 0 Å². The SMILES string of the molecule is COCc1ccccc1CNCC1CCC=CO1. The molecule has 1 aromatic rings. The zero-order valence-corrected chi connectivity index (χ0v) is 10.9. The van der Waals surface area contributed by atoms with E-state index in [0.29, 0.717) is 12.7 Å². The van der Waals surface area contributed by atoms with Gasteiger partial charge in [-0.25, -0.2) is 0 Å². The molecular formula is C15H21NO2. The maximum Gasteiger partial charge on any atom is 0.110 e. The molecule has 1 heterocycles. The normalized spacial score (nSPS) is 18.6. The molecule has 1 unspecified atom stereocenters. The van der Waals surface area contributed by atoms with Crippen LogP contribution >= 0.6 is 0 Å². The zero-order valence-electron chi connectivity index (χ0n) is 10.9. The summed E-state index contributed by atoms with van der Waals surface area (Å²) in [6.45, 7) is 2.43. The van der Waals surface area contributed by atoms with Crippen LogP contribution in [-0.2, 0) is 22.6 Å². The van der Waals surface area contributed by atoms with Crippen LogP contribution < -0.4 is 5.32 Å². The summed E-state index contributed by atoms with van der Waals surface area (Å²) >= 11 is 0. The Morgan fingerprint density at radius 2 is 2.17 bits per heavy atom. The highest BCUT2D eigenvalue weighted by molar-refractivity contribution is 5.26. The molecular weight excluding hydrogens is 226 g/mol. The minimum absolute atomic E-state index is 0.310. The van der Waals surface area contributed by atoms with Gasteiger partial charge in [-0.1, -0.05) is 24.3 Å². The highest BCUT2D eigenvalue weighted by Gasteiger charge is 2.10. The van der Waals surface area contributed by atoms with Crippen molar-refractivity contribution in [1.82, 2.24) is 5.32 Å². The number of hydrogen-bond donors (Lipinski definition) is 1. The van der Waals surface area contributed by atoms with Crippen LogP contribution in [0.2, 0.25) is 0 Å². The van der Waals surface area contributed by atoms with Crippen molar-refractivity contribution in [3.63, 3.8) is 0 Å². The Hall–Kier alpha value is -1.32. The lowest BCUT2D eigenvalue weighted by atomic mass is 10.1. The van der Waals surface area contributed by atoms with E-state index in [9.17, 15) is 0 Å². The smallest absolute Gasteiger partial charge is 0.110 e. The molecule has 0 aliphatic carbocycles. The first-order valence-corrected chi connectivity index (χ1v) is 6.47. The molecule has 1 atom stereocenters. The fraction of sp³-hybridized carbons (Fsp3) is 0.467. The van der Waals surface area contributed by atoms with Crippen LogP contribution in [0, 0.1) is 0 Å². The number of hydrogen-bond acceptors (Lipinski definition) is 3. The molecule has 0 fully saturated rings. The van der Waals surface area contributed by atoms with Crippen LogP contribution in [0.4, 0.5) is 0 Å². The lowest BCUT2D eigenvalue weighted by Crippen LogP contribution is -2.29. The minimum atomic E-state index is 0.310. The maximum atomic E-state index is 5.53. The summed E-state index contributed by atoms with van der Waals surface area (Å²) in [6.07, 6.45) is 6.42. The van der Waals surface area contributed by atoms with Gasteiger partial charge in [-0.05, 0) is 30.0 Å². The van der Waals surface area contributed by atoms with Crippen LogP contribution in [0.3, 0.4) is 0 Å². The van der Waals surface area contributed by atoms with Crippen molar-refractivity contribution in [2.75, 3.05) is 13.7 Å². The topological polar surface area (TPSA) is 30.5 Å². The first-order valence-electron chi connectivity index (χ1n) is 6.47. The molecule has 0 saturated carbocycles. The summed E-state index contributed by atoms with van der Waals surface area (Å²) in [5.74, 6) is 0. The van der Waals surface area contributed by atoms with Gasteiger partial charge in [0, 0.05) is 20.2 Å². The van der Waals surface area contributed by atoms with E-state index in [1.165, 1.54) is 11.1 Å². The van der Waals surface area contributed by atoms with Gasteiger partial charge in [-0.2, -0.15) is 0 Å². The van der Waals surface area contributed by atoms with E-state index in [0.717, 1.165) is 25.9 Å². The lowest BCUT2D eigenvalue weighted by Gasteiger charge is -2.20. The van der Waals surface area contributed by atoms with Gasteiger partial charge in [-0.15, -0.1) is 0 Å². The monoisotopic (exact) mass is 247 g/mol. The van der Waals surface area contributed by atoms with Gasteiger partial charge in [0.15, 0.2) is 0 Å². The summed E-state index contributed by atoms with van der Waals surface area (Å²) < 4.78 is 10.7. The number of allylic oxidation sites excluding steroid dienone is 1. The molecule has 0 saturated heterocycles. The van der Waals surface area contributed by atoms with Crippen LogP contribution in [0.15, 0.2) is 36.6 Å². The van der Waals surface area contributed by atoms with Crippen molar-refractivity contribution in [3.8, 4) is 0 Å². The number of ether oxygens (including phenoxy) is 2. The number of benzene rings is 1. The second-order valence-corrected chi connectivity index (χ2v) is 4.54. The van der Waals surface area contributed by atoms with Crippen LogP contribution in [0.25, 0.3) is 0 Å². The second-order valence-electron chi connectivity index (χ2n) is 4.54. The van der Waals surface area contributed by atoms with E-state index in [-0.39, 0.29) is 0 Å². The summed E-state index contributed by atoms with van der Waals surface area (Å²) in [4.78, 5) is 0. The summed E-state index contributed by atoms with van der Waals surface area (Å²) in [6, 6.07) is 8.37. The van der Waals surface area contributed by atoms with Crippen LogP contribution in [-0.4, -0.2) is 19.8 Å². The Bertz CT molecular complexity index is 390. The lowest BCUT2D eigenvalue weighted by molar-refractivity contribution is 0.122. The third kappa shape index (κ3) is 3.86. The number of nitrogens with one attached hydrogen (secondary N) is 1. The quantitative estimate of drug-likeness (QED) is 0.838. The Labute approximate surface area is 109 Å². The molecule has 3 heteroatoms. The van der Waals surface area contributed by atoms with Crippen molar-refractivity contribution >= 4 is 0 Å². The minimum Gasteiger partial charge on any atom is -0.497 e. The highest BCUT2D eigenvalue weighted by Crippen LogP contribution is 2.11. The van der Waals surface area contributed by atoms with E-state index in [1.807, 2.05) is 12.3 Å². The van der Waals surface area contributed by atoms with Gasteiger partial charge < -0.3 is 14.8 Å². The molecule has 0 aromatic heterocycles. The molecule has 1 N–H and O–H groups in total. The van der Waals surface area contributed by atoms with E-state index in [4.69, 9.17) is 9.47 Å². The second kappa shape index (κ2) is 7.19. The molecule has 0 bridgehead atoms. The van der Waals surface area contributed by atoms with E-state index in [1.54, 1.807) is 7.11 Å². The average molecular weight is 247 g/mol. The first kappa shape index (κ1) is 13.1. The molecule has 1 aliphatic rings. The predicted molar refractivity (Wildman–Crippen MR) is 72.1 cm³/mol. The van der Waals surface area contributed by atoms with Crippen molar-refractivity contribution in [2.24, 2.45) is 0 Å². The van der Waals surface area contributed by atoms with Crippen LogP contribution in [0.5, 0.6) is 0 Å². The molecule has 1 aliphatic heterocycles. The molecule has 98 valence electrons. The third-order valence-electron chi connectivity index (χ3n) is 3.13. The zero-order chi connectivity index (χ0) is 12.6. The van der Waals surface area contributed by atoms with Gasteiger partial charge >= 0.3 is 0 Å². The van der Waals surface area contributed by atoms with Crippen molar-refractivity contribution in [2.45, 2.75) is 32.1 Å². The fourth-order valence-corrected chi connectivity index (χ4v) is 2.13. The Balaban J connectivity index is 1.80. The van der Waals surface area contributed by atoms with Crippen LogP contribution in [0.1, 0.15) is 24.0 Å². The predicted octanol–water partition coefficient (Wildman–Crippen LogP) is 2.62. The molecule has 0 spiro atoms. The van der Waals surface area contributed by atoms with Gasteiger partial charge in [0.05, 0.1) is 12.9 Å². The largest absolute Gasteiger partial charge is 0.497 e. The summed E-state index contributed by atoms with van der Waals surface area (Å²) in [7, 11) is 1.73. The Kier molecular flexibility index (Phi) is 5.24. The average Bonchev–Trinajstić information content (AvgIpc) is 2.42. The Morgan fingerprint density at radius 3 is 2.89 bits per heavy atom. The molecule has 1 aromatic carbocycles. The van der Waals surface area contributed by atoms with Gasteiger partial charge in [0.1, 0.15) is 6.10 Å². The van der Waals surface area contributed by atoms with Gasteiger partial charge in [0.25, 0.3) is 0 Å². The molecule has 3 nitrogen and oxygen atoms in total. The summed E-state index contributed by atoms with van der Waals surface area (Å²) in [5.41, 5.74) is 2.54. The first-order chi connectivity index (χ1) is 8.90. The number of methoxy groups -OCH3 is 1. The van der Waals surface area contributed by atoms with E-state index in [2.05, 4.69) is 29.6 Å². The van der Waals surface area contributed by atoms with Crippen molar-refractivity contribution < 1.29 is 9.47 Å². The molecule has 2 rings (SSSR count). The number of rotatable bonds is 6. The molecule has 0 amide bonds. The standard InChI is InChI=1S/C15H21NO2/c1-17-12-14-7-3-2-6-13(14)10-16-11-15-8-4-5-9-18-15/h2-3,5-7,9,15-16H,4,8,10-12H2,1H3. The van der Waals surface area contributed by atoms with E-state index < -0.39 is 0 Å². The van der Waals surface area contributed by atoms with Gasteiger partial charge in [0.2, 0.25) is 0 Å². The third-order valence-corrected chi connectivity index (χ3v) is 3.13. The van der Waals surface area contributed by atoms with Crippen molar-refractivity contribution in [3.05, 3.63) is 47.7 Å². The summed E-state index contributed by atoms with van der Waals surface area (Å²) in [5, 5.41) is 3.46.